The van der Waals surface area contributed by atoms with Crippen molar-refractivity contribution >= 4 is 5.91 Å². The van der Waals surface area contributed by atoms with Crippen molar-refractivity contribution in [2.24, 2.45) is 0 Å². The highest BCUT2D eigenvalue weighted by Gasteiger charge is 2.27. The molecule has 5 nitrogen and oxygen atoms in total. The van der Waals surface area contributed by atoms with Gasteiger partial charge in [0.1, 0.15) is 11.8 Å². The van der Waals surface area contributed by atoms with E-state index in [0.717, 1.165) is 25.3 Å². The van der Waals surface area contributed by atoms with Crippen LogP contribution < -0.4 is 10.6 Å². The second kappa shape index (κ2) is 5.84. The van der Waals surface area contributed by atoms with Crippen molar-refractivity contribution in [3.8, 4) is 0 Å². The molecule has 2 N–H and O–H groups in total. The first kappa shape index (κ1) is 12.1. The first-order chi connectivity index (χ1) is 8.31. The molecular weight excluding hydrogens is 218 g/mol. The molecule has 0 radical (unpaired) electrons. The van der Waals surface area contributed by atoms with Crippen LogP contribution in [0.25, 0.3) is 0 Å². The lowest BCUT2D eigenvalue weighted by atomic mass is 10.2. The zero-order valence-corrected chi connectivity index (χ0v) is 10.1. The van der Waals surface area contributed by atoms with Gasteiger partial charge in [-0.1, -0.05) is 0 Å². The average Bonchev–Trinajstić information content (AvgIpc) is 2.76. The van der Waals surface area contributed by atoms with E-state index < -0.39 is 0 Å². The first-order valence-electron chi connectivity index (χ1n) is 6.00. The Balaban J connectivity index is 2.06. The number of carbonyl (C=O) groups excluding carboxylic acids is 1. The molecule has 1 fully saturated rings. The lowest BCUT2D eigenvalue weighted by Gasteiger charge is -2.27. The highest BCUT2D eigenvalue weighted by molar-refractivity contribution is 5.82. The van der Waals surface area contributed by atoms with E-state index in [1.807, 2.05) is 19.2 Å². The molecule has 1 aliphatic rings. The summed E-state index contributed by atoms with van der Waals surface area (Å²) in [5.74, 6) is 1.00. The third-order valence-electron chi connectivity index (χ3n) is 3.00. The van der Waals surface area contributed by atoms with E-state index in [0.29, 0.717) is 13.1 Å². The number of likely N-dealkylation sites (N-methyl/N-ethyl adjacent to an activating group) is 1. The van der Waals surface area contributed by atoms with E-state index in [4.69, 9.17) is 4.42 Å². The fraction of sp³-hybridized carbons (Fsp3) is 0.583. The summed E-state index contributed by atoms with van der Waals surface area (Å²) in [6, 6.07) is 3.70. The van der Waals surface area contributed by atoms with E-state index >= 15 is 0 Å². The molecule has 0 aromatic carbocycles. The van der Waals surface area contributed by atoms with Gasteiger partial charge < -0.3 is 15.1 Å². The fourth-order valence-corrected chi connectivity index (χ4v) is 2.14. The average molecular weight is 237 g/mol. The third kappa shape index (κ3) is 3.08. The largest absolute Gasteiger partial charge is 0.468 e. The van der Waals surface area contributed by atoms with Crippen molar-refractivity contribution in [2.75, 3.05) is 26.7 Å². The van der Waals surface area contributed by atoms with Gasteiger partial charge >= 0.3 is 0 Å². The molecule has 0 bridgehead atoms. The maximum atomic E-state index is 11.9. The summed E-state index contributed by atoms with van der Waals surface area (Å²) < 4.78 is 5.34. The van der Waals surface area contributed by atoms with Crippen LogP contribution in [0.2, 0.25) is 0 Å². The molecule has 2 heterocycles. The van der Waals surface area contributed by atoms with Gasteiger partial charge in [0.05, 0.1) is 12.8 Å². The topological polar surface area (TPSA) is 57.5 Å². The monoisotopic (exact) mass is 237 g/mol. The summed E-state index contributed by atoms with van der Waals surface area (Å²) in [6.07, 6.45) is 2.65. The van der Waals surface area contributed by atoms with Crippen molar-refractivity contribution in [2.45, 2.75) is 19.0 Å². The molecule has 1 saturated heterocycles. The summed E-state index contributed by atoms with van der Waals surface area (Å²) in [5, 5.41) is 6.01. The molecule has 1 unspecified atom stereocenters. The Morgan fingerprint density at radius 2 is 2.53 bits per heavy atom. The summed E-state index contributed by atoms with van der Waals surface area (Å²) in [4.78, 5) is 14.1. The van der Waals surface area contributed by atoms with Crippen LogP contribution in [0.15, 0.2) is 22.8 Å². The summed E-state index contributed by atoms with van der Waals surface area (Å²) in [6.45, 7) is 3.01. The lowest BCUT2D eigenvalue weighted by Crippen LogP contribution is -2.49. The predicted molar refractivity (Wildman–Crippen MR) is 64.5 cm³/mol. The molecule has 5 heteroatoms. The molecule has 17 heavy (non-hydrogen) atoms. The van der Waals surface area contributed by atoms with Gasteiger partial charge in [0, 0.05) is 19.6 Å². The Bertz CT molecular complexity index is 351. The number of amides is 1. The van der Waals surface area contributed by atoms with E-state index in [9.17, 15) is 4.79 Å². The molecule has 2 rings (SSSR count). The molecule has 1 aromatic heterocycles. The molecular formula is C12H19N3O2. The van der Waals surface area contributed by atoms with Crippen molar-refractivity contribution < 1.29 is 9.21 Å². The van der Waals surface area contributed by atoms with Gasteiger partial charge in [0.25, 0.3) is 0 Å². The van der Waals surface area contributed by atoms with Crippen LogP contribution in [-0.4, -0.2) is 43.5 Å². The van der Waals surface area contributed by atoms with Crippen LogP contribution in [0.3, 0.4) is 0 Å². The number of rotatable bonds is 4. The standard InChI is InChI=1S/C12H19N3O2/c1-13-8-11-12(16)14-5-3-6-15(11)9-10-4-2-7-17-10/h2,4,7,11,13H,3,5-6,8-9H2,1H3,(H,14,16). The number of carbonyl (C=O) groups is 1. The van der Waals surface area contributed by atoms with E-state index in [-0.39, 0.29) is 11.9 Å². The SMILES string of the molecule is CNCC1C(=O)NCCCN1Cc1ccco1. The van der Waals surface area contributed by atoms with Gasteiger partial charge in [-0.25, -0.2) is 0 Å². The zero-order chi connectivity index (χ0) is 12.1. The third-order valence-corrected chi connectivity index (χ3v) is 3.00. The molecule has 1 aliphatic heterocycles. The second-order valence-corrected chi connectivity index (χ2v) is 4.27. The molecule has 0 aliphatic carbocycles. The Morgan fingerprint density at radius 3 is 3.24 bits per heavy atom. The highest BCUT2D eigenvalue weighted by atomic mass is 16.3. The van der Waals surface area contributed by atoms with Crippen molar-refractivity contribution in [3.63, 3.8) is 0 Å². The Labute approximate surface area is 101 Å². The maximum absolute atomic E-state index is 11.9. The normalized spacial score (nSPS) is 22.2. The molecule has 1 atom stereocenters. The maximum Gasteiger partial charge on any atom is 0.238 e. The van der Waals surface area contributed by atoms with E-state index in [1.165, 1.54) is 0 Å². The number of hydrogen-bond acceptors (Lipinski definition) is 4. The van der Waals surface area contributed by atoms with Crippen LogP contribution in [0.4, 0.5) is 0 Å². The summed E-state index contributed by atoms with van der Waals surface area (Å²) >= 11 is 0. The quantitative estimate of drug-likeness (QED) is 0.785. The van der Waals surface area contributed by atoms with E-state index in [1.54, 1.807) is 6.26 Å². The molecule has 0 saturated carbocycles. The van der Waals surface area contributed by atoms with Gasteiger partial charge in [-0.15, -0.1) is 0 Å². The minimum Gasteiger partial charge on any atom is -0.468 e. The van der Waals surface area contributed by atoms with Crippen molar-refractivity contribution in [1.29, 1.82) is 0 Å². The summed E-state index contributed by atoms with van der Waals surface area (Å²) in [5.41, 5.74) is 0. The number of furan rings is 1. The van der Waals surface area contributed by atoms with Gasteiger partial charge in [-0.05, 0) is 25.6 Å². The minimum atomic E-state index is -0.118. The smallest absolute Gasteiger partial charge is 0.238 e. The zero-order valence-electron chi connectivity index (χ0n) is 10.1. The number of hydrogen-bond donors (Lipinski definition) is 2. The van der Waals surface area contributed by atoms with Crippen LogP contribution in [0, 0.1) is 0 Å². The van der Waals surface area contributed by atoms with Gasteiger partial charge in [0.15, 0.2) is 0 Å². The Hall–Kier alpha value is -1.33. The van der Waals surface area contributed by atoms with Crippen LogP contribution in [0.5, 0.6) is 0 Å². The molecule has 0 spiro atoms. The van der Waals surface area contributed by atoms with Gasteiger partial charge in [-0.2, -0.15) is 0 Å². The Morgan fingerprint density at radius 1 is 1.65 bits per heavy atom. The summed E-state index contributed by atoms with van der Waals surface area (Å²) in [7, 11) is 1.86. The number of nitrogens with one attached hydrogen (secondary N) is 2. The van der Waals surface area contributed by atoms with Crippen LogP contribution in [-0.2, 0) is 11.3 Å². The van der Waals surface area contributed by atoms with Crippen LogP contribution >= 0.6 is 0 Å². The highest BCUT2D eigenvalue weighted by Crippen LogP contribution is 2.11. The second-order valence-electron chi connectivity index (χ2n) is 4.27. The van der Waals surface area contributed by atoms with Crippen molar-refractivity contribution in [3.05, 3.63) is 24.2 Å². The van der Waals surface area contributed by atoms with Gasteiger partial charge in [-0.3, -0.25) is 9.69 Å². The fourth-order valence-electron chi connectivity index (χ4n) is 2.14. The minimum absolute atomic E-state index is 0.100. The lowest BCUT2D eigenvalue weighted by molar-refractivity contribution is -0.125. The van der Waals surface area contributed by atoms with Crippen molar-refractivity contribution in [1.82, 2.24) is 15.5 Å². The van der Waals surface area contributed by atoms with E-state index in [2.05, 4.69) is 15.5 Å². The first-order valence-corrected chi connectivity index (χ1v) is 6.00. The Kier molecular flexibility index (Phi) is 4.17. The predicted octanol–water partition coefficient (Wildman–Crippen LogP) is 0.190. The molecule has 1 amide bonds. The van der Waals surface area contributed by atoms with Gasteiger partial charge in [0.2, 0.25) is 5.91 Å². The number of nitrogens with zero attached hydrogens (tertiary/aromatic N) is 1. The molecule has 1 aromatic rings. The molecule has 94 valence electrons. The van der Waals surface area contributed by atoms with Crippen LogP contribution in [0.1, 0.15) is 12.2 Å².